The van der Waals surface area contributed by atoms with Crippen molar-refractivity contribution < 1.29 is 19.1 Å². The zero-order valence-electron chi connectivity index (χ0n) is 16.1. The topological polar surface area (TPSA) is 52.6 Å². The summed E-state index contributed by atoms with van der Waals surface area (Å²) >= 11 is 2.75. The third-order valence-electron chi connectivity index (χ3n) is 6.99. The first kappa shape index (κ1) is 18.3. The van der Waals surface area contributed by atoms with Gasteiger partial charge >= 0.3 is 11.9 Å². The minimum atomic E-state index is -0.402. The number of thiophene rings is 2. The number of rotatable bonds is 4. The standard InChI is InChI=1S/C24H20O4S2/c25-23(18-7-3-9-29-18)27-21-16-12-17(22(21)28-24(26)19-8-4-10-30-19)20-14-6-2-1-5-13(14)11-15(16)20/h1-10,15-17,20-22H,11-12H2/t15?,16-,17+,20?,21-,22+/m1/s1. The Hall–Kier alpha value is -2.44. The maximum Gasteiger partial charge on any atom is 0.348 e. The average Bonchev–Trinajstić information content (AvgIpc) is 3.55. The number of ether oxygens (including phenoxy) is 2. The molecular weight excluding hydrogens is 416 g/mol. The number of carbonyl (C=O) groups excluding carboxylic acids is 2. The van der Waals surface area contributed by atoms with Crippen molar-refractivity contribution in [3.8, 4) is 0 Å². The van der Waals surface area contributed by atoms with Crippen LogP contribution in [0.2, 0.25) is 0 Å². The minimum Gasteiger partial charge on any atom is -0.454 e. The van der Waals surface area contributed by atoms with Gasteiger partial charge in [-0.15, -0.1) is 22.7 Å². The Balaban J connectivity index is 1.32. The van der Waals surface area contributed by atoms with Gasteiger partial charge in [0.25, 0.3) is 0 Å². The van der Waals surface area contributed by atoms with E-state index >= 15 is 0 Å². The Kier molecular flexibility index (Phi) is 4.32. The SMILES string of the molecule is O=C(O[C@@H]1[C@H](OC(=O)c2cccs2)[C@@H]2C[C@H]1C1c3ccccc3CC12)c1cccs1. The van der Waals surface area contributed by atoms with Crippen molar-refractivity contribution >= 4 is 34.6 Å². The monoisotopic (exact) mass is 436 g/mol. The maximum atomic E-state index is 12.8. The highest BCUT2D eigenvalue weighted by molar-refractivity contribution is 7.12. The molecule has 0 spiro atoms. The normalized spacial score (nSPS) is 30.7. The van der Waals surface area contributed by atoms with Crippen LogP contribution < -0.4 is 0 Å². The Morgan fingerprint density at radius 2 is 1.40 bits per heavy atom. The summed E-state index contributed by atoms with van der Waals surface area (Å²) in [5.74, 6) is 0.606. The van der Waals surface area contributed by atoms with Crippen LogP contribution >= 0.6 is 22.7 Å². The third-order valence-corrected chi connectivity index (χ3v) is 8.69. The Bertz CT molecular complexity index is 1090. The van der Waals surface area contributed by atoms with E-state index in [0.717, 1.165) is 12.8 Å². The van der Waals surface area contributed by atoms with Gasteiger partial charge in [0.1, 0.15) is 22.0 Å². The van der Waals surface area contributed by atoms with E-state index in [9.17, 15) is 9.59 Å². The largest absolute Gasteiger partial charge is 0.454 e. The number of benzene rings is 1. The van der Waals surface area contributed by atoms with Crippen LogP contribution in [0.1, 0.15) is 42.8 Å². The summed E-state index contributed by atoms with van der Waals surface area (Å²) in [5, 5.41) is 3.74. The lowest BCUT2D eigenvalue weighted by molar-refractivity contribution is -0.0694. The van der Waals surface area contributed by atoms with Crippen LogP contribution in [-0.2, 0) is 15.9 Å². The lowest BCUT2D eigenvalue weighted by atomic mass is 9.76. The van der Waals surface area contributed by atoms with E-state index in [0.29, 0.717) is 21.6 Å². The van der Waals surface area contributed by atoms with E-state index < -0.39 is 6.10 Å². The molecule has 152 valence electrons. The first-order valence-electron chi connectivity index (χ1n) is 10.3. The first-order valence-corrected chi connectivity index (χ1v) is 12.0. The molecule has 2 aromatic heterocycles. The van der Waals surface area contributed by atoms with Crippen LogP contribution in [0.15, 0.2) is 59.3 Å². The van der Waals surface area contributed by atoms with Crippen molar-refractivity contribution in [1.29, 1.82) is 0 Å². The molecule has 1 aromatic carbocycles. The fourth-order valence-electron chi connectivity index (χ4n) is 5.92. The van der Waals surface area contributed by atoms with Gasteiger partial charge in [-0.1, -0.05) is 36.4 Å². The molecular formula is C24H20O4S2. The fourth-order valence-corrected chi connectivity index (χ4v) is 7.13. The number of hydrogen-bond donors (Lipinski definition) is 0. The molecule has 0 N–H and O–H groups in total. The molecule has 2 heterocycles. The molecule has 3 aliphatic carbocycles. The van der Waals surface area contributed by atoms with Crippen molar-refractivity contribution in [2.75, 3.05) is 0 Å². The van der Waals surface area contributed by atoms with Crippen LogP contribution in [0.5, 0.6) is 0 Å². The van der Waals surface area contributed by atoms with Crippen LogP contribution in [-0.4, -0.2) is 24.1 Å². The molecule has 30 heavy (non-hydrogen) atoms. The number of esters is 2. The maximum absolute atomic E-state index is 12.8. The highest BCUT2D eigenvalue weighted by atomic mass is 32.1. The van der Waals surface area contributed by atoms with Crippen LogP contribution in [0.25, 0.3) is 0 Å². The molecule has 0 saturated heterocycles. The van der Waals surface area contributed by atoms with E-state index in [1.165, 1.54) is 33.8 Å². The van der Waals surface area contributed by atoms with E-state index in [-0.39, 0.29) is 29.9 Å². The van der Waals surface area contributed by atoms with Gasteiger partial charge in [0.15, 0.2) is 0 Å². The molecule has 0 amide bonds. The molecule has 4 nitrogen and oxygen atoms in total. The lowest BCUT2D eigenvalue weighted by Gasteiger charge is -2.37. The molecule has 2 unspecified atom stereocenters. The smallest absolute Gasteiger partial charge is 0.348 e. The summed E-state index contributed by atoms with van der Waals surface area (Å²) < 4.78 is 12.1. The average molecular weight is 437 g/mol. The van der Waals surface area contributed by atoms with Crippen molar-refractivity contribution in [2.24, 2.45) is 17.8 Å². The Morgan fingerprint density at radius 1 is 0.767 bits per heavy atom. The van der Waals surface area contributed by atoms with Gasteiger partial charge in [-0.25, -0.2) is 9.59 Å². The van der Waals surface area contributed by atoms with Gasteiger partial charge in [0, 0.05) is 11.8 Å². The number of fused-ring (bicyclic) bond motifs is 7. The van der Waals surface area contributed by atoms with Crippen molar-refractivity contribution in [2.45, 2.75) is 31.0 Å². The summed E-state index contributed by atoms with van der Waals surface area (Å²) in [7, 11) is 0. The minimum absolute atomic E-state index is 0.189. The van der Waals surface area contributed by atoms with Gasteiger partial charge in [-0.2, -0.15) is 0 Å². The molecule has 2 bridgehead atoms. The predicted molar refractivity (Wildman–Crippen MR) is 115 cm³/mol. The van der Waals surface area contributed by atoms with E-state index in [1.54, 1.807) is 12.1 Å². The van der Waals surface area contributed by atoms with Gasteiger partial charge in [0.2, 0.25) is 0 Å². The second-order valence-electron chi connectivity index (χ2n) is 8.35. The van der Waals surface area contributed by atoms with E-state index in [2.05, 4.69) is 24.3 Å². The fraction of sp³-hybridized carbons (Fsp3) is 0.333. The second kappa shape index (κ2) is 7.06. The molecule has 0 radical (unpaired) electrons. The van der Waals surface area contributed by atoms with Crippen molar-refractivity contribution in [3.63, 3.8) is 0 Å². The molecule has 6 atom stereocenters. The molecule has 3 aromatic rings. The molecule has 3 aliphatic rings. The summed E-state index contributed by atoms with van der Waals surface area (Å²) in [4.78, 5) is 26.7. The highest BCUT2D eigenvalue weighted by Gasteiger charge is 2.63. The molecule has 6 heteroatoms. The van der Waals surface area contributed by atoms with Gasteiger partial charge in [-0.05, 0) is 58.7 Å². The Morgan fingerprint density at radius 3 is 2.03 bits per heavy atom. The lowest BCUT2D eigenvalue weighted by Crippen LogP contribution is -2.45. The zero-order chi connectivity index (χ0) is 20.2. The third kappa shape index (κ3) is 2.77. The summed E-state index contributed by atoms with van der Waals surface area (Å²) in [6.07, 6.45) is 1.17. The molecule has 0 aliphatic heterocycles. The van der Waals surface area contributed by atoms with Crippen LogP contribution in [0.3, 0.4) is 0 Å². The molecule has 6 rings (SSSR count). The van der Waals surface area contributed by atoms with Crippen molar-refractivity contribution in [1.82, 2.24) is 0 Å². The van der Waals surface area contributed by atoms with Gasteiger partial charge < -0.3 is 9.47 Å². The van der Waals surface area contributed by atoms with Crippen LogP contribution in [0, 0.1) is 17.8 Å². The first-order chi connectivity index (χ1) is 14.7. The van der Waals surface area contributed by atoms with Gasteiger partial charge in [-0.3, -0.25) is 0 Å². The highest BCUT2D eigenvalue weighted by Crippen LogP contribution is 2.62. The quantitative estimate of drug-likeness (QED) is 0.530. The summed E-state index contributed by atoms with van der Waals surface area (Å²) in [5.41, 5.74) is 2.77. The number of carbonyl (C=O) groups is 2. The summed E-state index contributed by atoms with van der Waals surface area (Å²) in [6.45, 7) is 0. The predicted octanol–water partition coefficient (Wildman–Crippen LogP) is 5.17. The number of hydrogen-bond acceptors (Lipinski definition) is 6. The van der Waals surface area contributed by atoms with Crippen LogP contribution in [0.4, 0.5) is 0 Å². The van der Waals surface area contributed by atoms with Crippen molar-refractivity contribution in [3.05, 3.63) is 80.2 Å². The second-order valence-corrected chi connectivity index (χ2v) is 10.2. The Labute approximate surface area is 182 Å². The van der Waals surface area contributed by atoms with Gasteiger partial charge in [0.05, 0.1) is 0 Å². The van der Waals surface area contributed by atoms with E-state index in [1.807, 2.05) is 22.9 Å². The molecule has 2 fully saturated rings. The molecule has 2 saturated carbocycles. The van der Waals surface area contributed by atoms with E-state index in [4.69, 9.17) is 9.47 Å². The summed E-state index contributed by atoms with van der Waals surface area (Å²) in [6, 6.07) is 15.8. The zero-order valence-corrected chi connectivity index (χ0v) is 17.7.